The first kappa shape index (κ1) is 28.0. The SMILES string of the molecule is CC1(C)COP(=S)(SCCC(=O)NCNC(=O)CCSP2(=S)OCC(C)(C)CO2)OC1. The molecule has 0 aromatic carbocycles. The van der Waals surface area contributed by atoms with Crippen molar-refractivity contribution >= 4 is 69.6 Å². The van der Waals surface area contributed by atoms with Gasteiger partial charge in [0.15, 0.2) is 0 Å². The van der Waals surface area contributed by atoms with Crippen molar-refractivity contribution in [2.75, 3.05) is 44.6 Å². The maximum absolute atomic E-state index is 12.0. The fourth-order valence-electron chi connectivity index (χ4n) is 2.24. The van der Waals surface area contributed by atoms with E-state index in [0.717, 1.165) is 0 Å². The van der Waals surface area contributed by atoms with Crippen molar-refractivity contribution in [3.8, 4) is 0 Å². The summed E-state index contributed by atoms with van der Waals surface area (Å²) in [5, 5.41) is 5.35. The Morgan fingerprint density at radius 1 is 0.774 bits per heavy atom. The monoisotopic (exact) mass is 550 g/mol. The summed E-state index contributed by atoms with van der Waals surface area (Å²) in [5.74, 6) is 0.691. The molecule has 180 valence electrons. The van der Waals surface area contributed by atoms with Crippen LogP contribution in [0.25, 0.3) is 0 Å². The molecular formula is C17H32N2O6P2S4. The molecule has 0 aromatic heterocycles. The molecule has 2 heterocycles. The molecule has 0 spiro atoms. The van der Waals surface area contributed by atoms with Gasteiger partial charge in [0, 0.05) is 35.2 Å². The molecule has 2 aliphatic rings. The van der Waals surface area contributed by atoms with Crippen molar-refractivity contribution in [3.05, 3.63) is 0 Å². The Hall–Kier alpha value is 0.780. The van der Waals surface area contributed by atoms with Crippen LogP contribution in [-0.2, 0) is 51.3 Å². The highest BCUT2D eigenvalue weighted by Gasteiger charge is 2.34. The Bertz CT molecular complexity index is 664. The highest BCUT2D eigenvalue weighted by Crippen LogP contribution is 2.65. The first-order valence-electron chi connectivity index (χ1n) is 9.93. The third-order valence-electron chi connectivity index (χ3n) is 4.18. The molecule has 2 saturated heterocycles. The number of carbonyl (C=O) groups excluding carboxylic acids is 2. The van der Waals surface area contributed by atoms with E-state index in [0.29, 0.717) is 37.9 Å². The molecule has 0 bridgehead atoms. The van der Waals surface area contributed by atoms with E-state index in [9.17, 15) is 9.59 Å². The fraction of sp³-hybridized carbons (Fsp3) is 0.882. The zero-order chi connectivity index (χ0) is 23.2. The van der Waals surface area contributed by atoms with E-state index >= 15 is 0 Å². The zero-order valence-electron chi connectivity index (χ0n) is 18.3. The second kappa shape index (κ2) is 12.0. The molecule has 2 rings (SSSR count). The van der Waals surface area contributed by atoms with Crippen LogP contribution in [-0.4, -0.2) is 56.4 Å². The molecule has 14 heteroatoms. The van der Waals surface area contributed by atoms with E-state index in [1.165, 1.54) is 22.8 Å². The van der Waals surface area contributed by atoms with E-state index < -0.39 is 11.4 Å². The van der Waals surface area contributed by atoms with E-state index in [4.69, 9.17) is 41.7 Å². The smallest absolute Gasteiger partial charge is 0.247 e. The lowest BCUT2D eigenvalue weighted by molar-refractivity contribution is -0.122. The lowest BCUT2D eigenvalue weighted by Gasteiger charge is -2.35. The minimum Gasteiger partial charge on any atom is -0.339 e. The van der Waals surface area contributed by atoms with Gasteiger partial charge in [-0.1, -0.05) is 50.5 Å². The van der Waals surface area contributed by atoms with E-state index in [-0.39, 0.29) is 42.2 Å². The number of hydrogen-bond acceptors (Lipinski definition) is 10. The van der Waals surface area contributed by atoms with Gasteiger partial charge in [0.1, 0.15) is 0 Å². The van der Waals surface area contributed by atoms with E-state index in [1.807, 2.05) is 0 Å². The molecule has 0 unspecified atom stereocenters. The van der Waals surface area contributed by atoms with Crippen LogP contribution in [0.2, 0.25) is 0 Å². The van der Waals surface area contributed by atoms with Crippen molar-refractivity contribution in [1.82, 2.24) is 10.6 Å². The maximum atomic E-state index is 12.0. The molecular weight excluding hydrogens is 518 g/mol. The normalized spacial score (nSPS) is 23.6. The molecule has 2 fully saturated rings. The molecule has 2 N–H and O–H groups in total. The van der Waals surface area contributed by atoms with Crippen LogP contribution in [0.5, 0.6) is 0 Å². The lowest BCUT2D eigenvalue weighted by Crippen LogP contribution is -2.37. The third-order valence-corrected chi connectivity index (χ3v) is 14.8. The Labute approximate surface area is 203 Å². The number of amides is 2. The number of hydrogen-bond donors (Lipinski definition) is 2. The lowest BCUT2D eigenvalue weighted by atomic mass is 9.97. The van der Waals surface area contributed by atoms with Gasteiger partial charge in [0.05, 0.1) is 33.1 Å². The highest BCUT2D eigenvalue weighted by atomic mass is 32.9. The number of carbonyl (C=O) groups is 2. The van der Waals surface area contributed by atoms with Gasteiger partial charge in [0.25, 0.3) is 0 Å². The van der Waals surface area contributed by atoms with Crippen LogP contribution in [0, 0.1) is 10.8 Å². The van der Waals surface area contributed by atoms with Gasteiger partial charge in [-0.2, -0.15) is 0 Å². The van der Waals surface area contributed by atoms with Crippen LogP contribution < -0.4 is 10.6 Å². The Balaban J connectivity index is 1.52. The third kappa shape index (κ3) is 10.7. The van der Waals surface area contributed by atoms with Gasteiger partial charge in [-0.15, -0.1) is 0 Å². The Kier molecular flexibility index (Phi) is 10.8. The van der Waals surface area contributed by atoms with Crippen LogP contribution >= 0.6 is 34.2 Å². The second-order valence-corrected chi connectivity index (χ2v) is 21.7. The maximum Gasteiger partial charge on any atom is 0.247 e. The van der Waals surface area contributed by atoms with Crippen LogP contribution in [0.15, 0.2) is 0 Å². The van der Waals surface area contributed by atoms with Crippen molar-refractivity contribution in [2.45, 2.75) is 40.5 Å². The Morgan fingerprint density at radius 3 is 1.42 bits per heavy atom. The van der Waals surface area contributed by atoms with Gasteiger partial charge in [0.2, 0.25) is 23.2 Å². The van der Waals surface area contributed by atoms with E-state index in [2.05, 4.69) is 38.3 Å². The summed E-state index contributed by atoms with van der Waals surface area (Å²) in [6, 6.07) is 0. The van der Waals surface area contributed by atoms with Crippen LogP contribution in [0.1, 0.15) is 40.5 Å². The molecule has 0 atom stereocenters. The summed E-state index contributed by atoms with van der Waals surface area (Å²) in [6.45, 7) is 10.6. The molecule has 0 radical (unpaired) electrons. The average molecular weight is 551 g/mol. The summed E-state index contributed by atoms with van der Waals surface area (Å²) in [4.78, 5) is 23.9. The first-order valence-corrected chi connectivity index (χ1v) is 18.4. The summed E-state index contributed by atoms with van der Waals surface area (Å²) in [7, 11) is 0. The molecule has 31 heavy (non-hydrogen) atoms. The van der Waals surface area contributed by atoms with Gasteiger partial charge in [-0.3, -0.25) is 9.59 Å². The zero-order valence-corrected chi connectivity index (χ0v) is 23.4. The molecule has 2 aliphatic heterocycles. The predicted octanol–water partition coefficient (Wildman–Crippen LogP) is 4.02. The molecule has 8 nitrogen and oxygen atoms in total. The first-order chi connectivity index (χ1) is 14.3. The average Bonchev–Trinajstić information content (AvgIpc) is 2.68. The van der Waals surface area contributed by atoms with Crippen LogP contribution in [0.3, 0.4) is 0 Å². The molecule has 0 aromatic rings. The van der Waals surface area contributed by atoms with Gasteiger partial charge in [-0.05, 0) is 23.6 Å². The van der Waals surface area contributed by atoms with Gasteiger partial charge in [-0.25, -0.2) is 0 Å². The van der Waals surface area contributed by atoms with Gasteiger partial charge < -0.3 is 28.7 Å². The second-order valence-electron chi connectivity index (χ2n) is 8.86. The largest absolute Gasteiger partial charge is 0.339 e. The van der Waals surface area contributed by atoms with Gasteiger partial charge >= 0.3 is 0 Å². The summed E-state index contributed by atoms with van der Waals surface area (Å²) in [5.41, 5.74) is -4.77. The summed E-state index contributed by atoms with van der Waals surface area (Å²) >= 11 is 13.7. The highest BCUT2D eigenvalue weighted by molar-refractivity contribution is 8.68. The van der Waals surface area contributed by atoms with Crippen molar-refractivity contribution < 1.29 is 27.7 Å². The predicted molar refractivity (Wildman–Crippen MR) is 135 cm³/mol. The minimum atomic E-state index is -2.36. The summed E-state index contributed by atoms with van der Waals surface area (Å²) in [6.07, 6.45) is 0.553. The Morgan fingerprint density at radius 2 is 1.10 bits per heavy atom. The van der Waals surface area contributed by atoms with Crippen molar-refractivity contribution in [1.29, 1.82) is 0 Å². The van der Waals surface area contributed by atoms with Crippen molar-refractivity contribution in [2.24, 2.45) is 10.8 Å². The standard InChI is InChI=1S/C17H32N2O6P2S4/c1-16(2)9-22-26(28,23-10-16)30-7-5-14(20)18-13-19-15(21)6-8-31-27(29)24-11-17(3,4)12-25-27/h5-13H2,1-4H3,(H,18,20)(H,19,21). The molecule has 0 aliphatic carbocycles. The molecule has 2 amide bonds. The fourth-order valence-corrected chi connectivity index (χ4v) is 11.1. The quantitative estimate of drug-likeness (QED) is 0.307. The van der Waals surface area contributed by atoms with E-state index in [1.54, 1.807) is 0 Å². The topological polar surface area (TPSA) is 95.1 Å². The number of nitrogens with one attached hydrogen (secondary N) is 2. The molecule has 0 saturated carbocycles. The number of rotatable bonds is 10. The minimum absolute atomic E-state index is 0.0298. The van der Waals surface area contributed by atoms with Crippen LogP contribution in [0.4, 0.5) is 0 Å². The van der Waals surface area contributed by atoms with Crippen molar-refractivity contribution in [3.63, 3.8) is 0 Å². The summed E-state index contributed by atoms with van der Waals surface area (Å²) < 4.78 is 22.9.